The summed E-state index contributed by atoms with van der Waals surface area (Å²) >= 11 is 0. The van der Waals surface area contributed by atoms with Crippen molar-refractivity contribution in [1.29, 1.82) is 0 Å². The van der Waals surface area contributed by atoms with Gasteiger partial charge in [-0.15, -0.1) is 0 Å². The molecule has 1 aliphatic heterocycles. The Hall–Kier alpha value is -1.96. The van der Waals surface area contributed by atoms with Gasteiger partial charge in [-0.25, -0.2) is 0 Å². The van der Waals surface area contributed by atoms with Gasteiger partial charge < -0.3 is 10.6 Å². The smallest absolute Gasteiger partial charge is 0.0400 e. The molecule has 0 aromatic heterocycles. The average Bonchev–Trinajstić information content (AvgIpc) is 2.44. The minimum absolute atomic E-state index is 0.703. The number of nitrogens with zero attached hydrogens (tertiary/aromatic N) is 1. The number of anilines is 2. The van der Waals surface area contributed by atoms with E-state index in [0.717, 1.165) is 18.7 Å². The molecule has 0 radical (unpaired) electrons. The van der Waals surface area contributed by atoms with Crippen molar-refractivity contribution in [3.05, 3.63) is 59.2 Å². The molecular formula is C18H20N2. The summed E-state index contributed by atoms with van der Waals surface area (Å²) in [7, 11) is 0. The lowest BCUT2D eigenvalue weighted by molar-refractivity contribution is 0.564. The fourth-order valence-electron chi connectivity index (χ4n) is 3.68. The lowest BCUT2D eigenvalue weighted by Gasteiger charge is -2.38. The molecule has 0 saturated carbocycles. The standard InChI is InChI=1S/C18H20N2/c19-16-7-8-18-14(11-16)5-3-9-20(18)12-15-10-13-4-1-2-6-17(13)15/h1-2,4,6-8,11,15H,3,5,9-10,12,19H2. The first-order valence-electron chi connectivity index (χ1n) is 7.52. The van der Waals surface area contributed by atoms with E-state index in [1.165, 1.54) is 36.2 Å². The summed E-state index contributed by atoms with van der Waals surface area (Å²) in [4.78, 5) is 2.55. The van der Waals surface area contributed by atoms with Crippen molar-refractivity contribution in [3.63, 3.8) is 0 Å². The van der Waals surface area contributed by atoms with Crippen LogP contribution in [-0.2, 0) is 12.8 Å². The number of nitrogen functional groups attached to an aromatic ring is 1. The van der Waals surface area contributed by atoms with Crippen LogP contribution in [0.3, 0.4) is 0 Å². The Labute approximate surface area is 120 Å². The Kier molecular flexibility index (Phi) is 2.69. The molecular weight excluding hydrogens is 244 g/mol. The highest BCUT2D eigenvalue weighted by Crippen LogP contribution is 2.38. The zero-order valence-corrected chi connectivity index (χ0v) is 11.7. The minimum atomic E-state index is 0.703. The summed E-state index contributed by atoms with van der Waals surface area (Å²) in [6.07, 6.45) is 3.64. The van der Waals surface area contributed by atoms with Crippen LogP contribution < -0.4 is 10.6 Å². The number of fused-ring (bicyclic) bond motifs is 2. The van der Waals surface area contributed by atoms with Crippen molar-refractivity contribution in [2.24, 2.45) is 0 Å². The highest BCUT2D eigenvalue weighted by Gasteiger charge is 2.28. The van der Waals surface area contributed by atoms with Crippen molar-refractivity contribution in [3.8, 4) is 0 Å². The molecule has 1 atom stereocenters. The maximum absolute atomic E-state index is 5.91. The summed E-state index contributed by atoms with van der Waals surface area (Å²) in [5.74, 6) is 0.703. The van der Waals surface area contributed by atoms with Crippen LogP contribution in [0, 0.1) is 0 Å². The van der Waals surface area contributed by atoms with Gasteiger partial charge in [-0.2, -0.15) is 0 Å². The summed E-state index contributed by atoms with van der Waals surface area (Å²) < 4.78 is 0. The zero-order chi connectivity index (χ0) is 13.5. The van der Waals surface area contributed by atoms with Gasteiger partial charge in [0.05, 0.1) is 0 Å². The van der Waals surface area contributed by atoms with Gasteiger partial charge in [0.1, 0.15) is 0 Å². The Bertz CT molecular complexity index is 648. The van der Waals surface area contributed by atoms with E-state index in [4.69, 9.17) is 5.73 Å². The van der Waals surface area contributed by atoms with Crippen LogP contribution >= 0.6 is 0 Å². The molecule has 4 rings (SSSR count). The predicted octanol–water partition coefficient (Wildman–Crippen LogP) is 3.36. The molecule has 2 heteroatoms. The second-order valence-corrected chi connectivity index (χ2v) is 6.04. The molecule has 0 saturated heterocycles. The summed E-state index contributed by atoms with van der Waals surface area (Å²) in [6.45, 7) is 2.32. The highest BCUT2D eigenvalue weighted by atomic mass is 15.1. The van der Waals surface area contributed by atoms with Gasteiger partial charge in [0.25, 0.3) is 0 Å². The first-order chi connectivity index (χ1) is 9.81. The van der Waals surface area contributed by atoms with Gasteiger partial charge in [-0.1, -0.05) is 24.3 Å². The van der Waals surface area contributed by atoms with Crippen LogP contribution in [0.5, 0.6) is 0 Å². The van der Waals surface area contributed by atoms with Crippen molar-refractivity contribution in [2.45, 2.75) is 25.2 Å². The van der Waals surface area contributed by atoms with E-state index >= 15 is 0 Å². The van der Waals surface area contributed by atoms with Gasteiger partial charge >= 0.3 is 0 Å². The highest BCUT2D eigenvalue weighted by molar-refractivity contribution is 5.61. The molecule has 1 aliphatic carbocycles. The van der Waals surface area contributed by atoms with Crippen molar-refractivity contribution < 1.29 is 0 Å². The van der Waals surface area contributed by atoms with Crippen molar-refractivity contribution >= 4 is 11.4 Å². The monoisotopic (exact) mass is 264 g/mol. The molecule has 1 heterocycles. The first kappa shape index (κ1) is 11.8. The third kappa shape index (κ3) is 1.87. The Morgan fingerprint density at radius 1 is 1.10 bits per heavy atom. The lowest BCUT2D eigenvalue weighted by atomic mass is 9.77. The fourth-order valence-corrected chi connectivity index (χ4v) is 3.68. The van der Waals surface area contributed by atoms with Crippen LogP contribution in [0.25, 0.3) is 0 Å². The maximum atomic E-state index is 5.91. The van der Waals surface area contributed by atoms with Crippen LogP contribution in [0.1, 0.15) is 29.0 Å². The SMILES string of the molecule is Nc1ccc2c(c1)CCCN2CC1Cc2ccccc21. The first-order valence-corrected chi connectivity index (χ1v) is 7.52. The summed E-state index contributed by atoms with van der Waals surface area (Å²) in [5.41, 5.74) is 12.7. The Balaban J connectivity index is 1.57. The predicted molar refractivity (Wildman–Crippen MR) is 84.3 cm³/mol. The topological polar surface area (TPSA) is 29.3 Å². The number of benzene rings is 2. The lowest BCUT2D eigenvalue weighted by Crippen LogP contribution is -2.36. The maximum Gasteiger partial charge on any atom is 0.0400 e. The summed E-state index contributed by atoms with van der Waals surface area (Å²) in [5, 5.41) is 0. The minimum Gasteiger partial charge on any atom is -0.399 e. The third-order valence-corrected chi connectivity index (χ3v) is 4.72. The van der Waals surface area contributed by atoms with Crippen LogP contribution in [0.4, 0.5) is 11.4 Å². The molecule has 2 aromatic rings. The number of nitrogens with two attached hydrogens (primary N) is 1. The van der Waals surface area contributed by atoms with Crippen molar-refractivity contribution in [2.75, 3.05) is 23.7 Å². The van der Waals surface area contributed by atoms with Crippen LogP contribution in [0.15, 0.2) is 42.5 Å². The van der Waals surface area contributed by atoms with Gasteiger partial charge in [-0.05, 0) is 54.2 Å². The van der Waals surface area contributed by atoms with E-state index in [2.05, 4.69) is 41.3 Å². The van der Waals surface area contributed by atoms with Crippen molar-refractivity contribution in [1.82, 2.24) is 0 Å². The second kappa shape index (κ2) is 4.55. The van der Waals surface area contributed by atoms with Gasteiger partial charge in [-0.3, -0.25) is 0 Å². The number of aryl methyl sites for hydroxylation is 1. The second-order valence-electron chi connectivity index (χ2n) is 6.04. The van der Waals surface area contributed by atoms with Crippen LogP contribution in [-0.4, -0.2) is 13.1 Å². The Morgan fingerprint density at radius 2 is 2.00 bits per heavy atom. The molecule has 0 spiro atoms. The molecule has 102 valence electrons. The molecule has 2 N–H and O–H groups in total. The molecule has 2 nitrogen and oxygen atoms in total. The fraction of sp³-hybridized carbons (Fsp3) is 0.333. The molecule has 0 amide bonds. The van der Waals surface area contributed by atoms with Gasteiger partial charge in [0, 0.05) is 30.4 Å². The largest absolute Gasteiger partial charge is 0.399 e. The van der Waals surface area contributed by atoms with E-state index in [1.54, 1.807) is 5.56 Å². The van der Waals surface area contributed by atoms with Gasteiger partial charge in [0.15, 0.2) is 0 Å². The normalized spacial score (nSPS) is 20.0. The number of hydrogen-bond acceptors (Lipinski definition) is 2. The van der Waals surface area contributed by atoms with Crippen LogP contribution in [0.2, 0.25) is 0 Å². The Morgan fingerprint density at radius 3 is 2.90 bits per heavy atom. The molecule has 2 aromatic carbocycles. The van der Waals surface area contributed by atoms with E-state index < -0.39 is 0 Å². The molecule has 0 bridgehead atoms. The van der Waals surface area contributed by atoms with E-state index in [9.17, 15) is 0 Å². The molecule has 1 unspecified atom stereocenters. The van der Waals surface area contributed by atoms with E-state index in [-0.39, 0.29) is 0 Å². The molecule has 0 fully saturated rings. The van der Waals surface area contributed by atoms with Gasteiger partial charge in [0.2, 0.25) is 0 Å². The zero-order valence-electron chi connectivity index (χ0n) is 11.7. The summed E-state index contributed by atoms with van der Waals surface area (Å²) in [6, 6.07) is 15.2. The molecule has 2 aliphatic rings. The quantitative estimate of drug-likeness (QED) is 0.843. The van der Waals surface area contributed by atoms with E-state index in [0.29, 0.717) is 5.92 Å². The molecule has 20 heavy (non-hydrogen) atoms. The third-order valence-electron chi connectivity index (χ3n) is 4.72. The average molecular weight is 264 g/mol. The van der Waals surface area contributed by atoms with E-state index in [1.807, 2.05) is 6.07 Å². The number of rotatable bonds is 2. The number of hydrogen-bond donors (Lipinski definition) is 1.